The Morgan fingerprint density at radius 3 is 2.65 bits per heavy atom. The molecule has 2 aliphatic rings. The number of hydrogen-bond donors (Lipinski definition) is 2. The monoisotopic (exact) mass is 491 g/mol. The first-order valence-electron chi connectivity index (χ1n) is 12.3. The fourth-order valence-corrected chi connectivity index (χ4v) is 5.45. The van der Waals surface area contributed by atoms with E-state index in [-0.39, 0.29) is 18.2 Å². The number of nitrogens with zero attached hydrogens (tertiary/aromatic N) is 5. The molecule has 10 nitrogen and oxygen atoms in total. The van der Waals surface area contributed by atoms with Gasteiger partial charge in [-0.05, 0) is 52.4 Å². The molecule has 0 spiro atoms. The van der Waals surface area contributed by atoms with Gasteiger partial charge in [0.05, 0.1) is 12.0 Å². The summed E-state index contributed by atoms with van der Waals surface area (Å²) in [7, 11) is 0. The van der Waals surface area contributed by atoms with Gasteiger partial charge in [-0.3, -0.25) is 4.79 Å². The Morgan fingerprint density at radius 2 is 1.97 bits per heavy atom. The van der Waals surface area contributed by atoms with Gasteiger partial charge in [0.1, 0.15) is 12.2 Å². The standard InChI is InChI=1S/C23H37N7O3S/c1-7-10-34-22-26-20(25-13(4)9-8-12(2)3)16-21(27-22)30(29-28-16)15-11-14(19(24)31)17-18(15)33-23(5,6)32-17/h12-15,17-18H,7-11H2,1-6H3,(H2,24,31)(H,25,26,27)/t13?,14-,15+,17+,18-/m0/s1. The lowest BCUT2D eigenvalue weighted by molar-refractivity contribution is -0.162. The minimum atomic E-state index is -0.798. The van der Waals surface area contributed by atoms with Crippen molar-refractivity contribution in [2.75, 3.05) is 11.1 Å². The molecule has 4 rings (SSSR count). The Kier molecular flexibility index (Phi) is 7.35. The summed E-state index contributed by atoms with van der Waals surface area (Å²) in [5.41, 5.74) is 6.97. The van der Waals surface area contributed by atoms with E-state index >= 15 is 0 Å². The SMILES string of the molecule is CCCSc1nc(NC(C)CCC(C)C)c2nnn([C@@H]3C[C@H](C(N)=O)[C@H]4OC(C)(C)O[C@H]43)c2n1. The number of anilines is 1. The maximum absolute atomic E-state index is 12.2. The summed E-state index contributed by atoms with van der Waals surface area (Å²) in [5, 5.41) is 13.1. The quantitative estimate of drug-likeness (QED) is 0.378. The molecule has 2 aromatic rings. The third kappa shape index (κ3) is 5.16. The largest absolute Gasteiger partial charge is 0.369 e. The van der Waals surface area contributed by atoms with Crippen LogP contribution in [0.15, 0.2) is 5.16 Å². The van der Waals surface area contributed by atoms with Crippen LogP contribution in [0.1, 0.15) is 73.3 Å². The van der Waals surface area contributed by atoms with Crippen LogP contribution in [0.5, 0.6) is 0 Å². The lowest BCUT2D eigenvalue weighted by Crippen LogP contribution is -2.34. The van der Waals surface area contributed by atoms with Gasteiger partial charge in [0.25, 0.3) is 0 Å². The normalized spacial score (nSPS) is 26.8. The number of fused-ring (bicyclic) bond motifs is 2. The Hall–Kier alpha value is -1.98. The van der Waals surface area contributed by atoms with Crippen molar-refractivity contribution in [3.63, 3.8) is 0 Å². The van der Waals surface area contributed by atoms with Crippen molar-refractivity contribution >= 4 is 34.7 Å². The highest BCUT2D eigenvalue weighted by molar-refractivity contribution is 7.99. The van der Waals surface area contributed by atoms with Crippen LogP contribution in [-0.4, -0.2) is 60.7 Å². The fourth-order valence-electron chi connectivity index (χ4n) is 4.75. The van der Waals surface area contributed by atoms with E-state index in [4.69, 9.17) is 25.2 Å². The second-order valence-corrected chi connectivity index (χ2v) is 11.4. The molecule has 34 heavy (non-hydrogen) atoms. The van der Waals surface area contributed by atoms with Gasteiger partial charge in [-0.2, -0.15) is 0 Å². The van der Waals surface area contributed by atoms with Gasteiger partial charge >= 0.3 is 0 Å². The molecule has 1 saturated heterocycles. The Labute approximate surface area is 205 Å². The Bertz CT molecular complexity index is 1030. The molecular formula is C23H37N7O3S. The first-order valence-corrected chi connectivity index (χ1v) is 13.3. The summed E-state index contributed by atoms with van der Waals surface area (Å²) in [6.45, 7) is 12.4. The lowest BCUT2D eigenvalue weighted by Gasteiger charge is -2.23. The average molecular weight is 492 g/mol. The van der Waals surface area contributed by atoms with Gasteiger partial charge in [-0.1, -0.05) is 37.7 Å². The number of thioether (sulfide) groups is 1. The van der Waals surface area contributed by atoms with Crippen LogP contribution in [0.2, 0.25) is 0 Å². The zero-order valence-corrected chi connectivity index (χ0v) is 21.8. The molecule has 0 bridgehead atoms. The van der Waals surface area contributed by atoms with Gasteiger partial charge < -0.3 is 20.5 Å². The van der Waals surface area contributed by atoms with E-state index in [0.29, 0.717) is 34.5 Å². The van der Waals surface area contributed by atoms with Crippen LogP contribution < -0.4 is 11.1 Å². The van der Waals surface area contributed by atoms with Gasteiger partial charge in [0.15, 0.2) is 27.9 Å². The van der Waals surface area contributed by atoms with Gasteiger partial charge in [-0.15, -0.1) is 5.10 Å². The molecule has 1 saturated carbocycles. The molecule has 1 aliphatic heterocycles. The molecule has 0 radical (unpaired) electrons. The Balaban J connectivity index is 1.70. The number of nitrogens with two attached hydrogens (primary N) is 1. The van der Waals surface area contributed by atoms with Crippen LogP contribution >= 0.6 is 11.8 Å². The number of carbonyl (C=O) groups excluding carboxylic acids is 1. The minimum absolute atomic E-state index is 0.233. The number of aromatic nitrogens is 5. The summed E-state index contributed by atoms with van der Waals surface area (Å²) >= 11 is 1.61. The fraction of sp³-hybridized carbons (Fsp3) is 0.783. The summed E-state index contributed by atoms with van der Waals surface area (Å²) < 4.78 is 14.0. The van der Waals surface area contributed by atoms with E-state index in [1.54, 1.807) is 16.4 Å². The summed E-state index contributed by atoms with van der Waals surface area (Å²) in [4.78, 5) is 21.8. The van der Waals surface area contributed by atoms with E-state index in [0.717, 1.165) is 25.0 Å². The molecule has 3 N–H and O–H groups in total. The van der Waals surface area contributed by atoms with Crippen molar-refractivity contribution in [1.29, 1.82) is 0 Å². The van der Waals surface area contributed by atoms with Crippen LogP contribution in [0.4, 0.5) is 5.82 Å². The number of primary amides is 1. The second-order valence-electron chi connectivity index (χ2n) is 10.3. The number of amides is 1. The summed E-state index contributed by atoms with van der Waals surface area (Å²) in [6, 6.07) is -0.0310. The first kappa shape index (κ1) is 25.1. The molecule has 2 fully saturated rings. The maximum Gasteiger partial charge on any atom is 0.223 e. The number of hydrogen-bond acceptors (Lipinski definition) is 9. The third-order valence-electron chi connectivity index (χ3n) is 6.41. The molecular weight excluding hydrogens is 454 g/mol. The highest BCUT2D eigenvalue weighted by atomic mass is 32.2. The highest BCUT2D eigenvalue weighted by Crippen LogP contribution is 2.47. The maximum atomic E-state index is 12.2. The van der Waals surface area contributed by atoms with E-state index in [1.807, 2.05) is 13.8 Å². The first-order chi connectivity index (χ1) is 16.1. The van der Waals surface area contributed by atoms with Crippen molar-refractivity contribution in [3.8, 4) is 0 Å². The summed E-state index contributed by atoms with van der Waals surface area (Å²) in [6.07, 6.45) is 2.86. The predicted molar refractivity (Wildman–Crippen MR) is 131 cm³/mol. The molecule has 1 unspecified atom stereocenters. The number of ether oxygens (including phenoxy) is 2. The molecule has 3 heterocycles. The van der Waals surface area contributed by atoms with Crippen LogP contribution in [-0.2, 0) is 14.3 Å². The van der Waals surface area contributed by atoms with Crippen molar-refractivity contribution < 1.29 is 14.3 Å². The summed E-state index contributed by atoms with van der Waals surface area (Å²) in [5.74, 6) is 0.596. The Morgan fingerprint density at radius 1 is 1.24 bits per heavy atom. The van der Waals surface area contributed by atoms with E-state index in [2.05, 4.69) is 43.3 Å². The minimum Gasteiger partial charge on any atom is -0.369 e. The molecule has 2 aromatic heterocycles. The van der Waals surface area contributed by atoms with E-state index < -0.39 is 23.7 Å². The molecule has 0 aromatic carbocycles. The van der Waals surface area contributed by atoms with Crippen molar-refractivity contribution in [2.45, 2.75) is 102 Å². The molecule has 11 heteroatoms. The van der Waals surface area contributed by atoms with Gasteiger partial charge in [0, 0.05) is 11.8 Å². The zero-order valence-electron chi connectivity index (χ0n) is 20.9. The van der Waals surface area contributed by atoms with E-state index in [9.17, 15) is 4.79 Å². The molecule has 188 valence electrons. The van der Waals surface area contributed by atoms with Gasteiger partial charge in [-0.25, -0.2) is 14.6 Å². The smallest absolute Gasteiger partial charge is 0.223 e. The second kappa shape index (κ2) is 9.94. The van der Waals surface area contributed by atoms with Crippen LogP contribution in [0.3, 0.4) is 0 Å². The molecule has 5 atom stereocenters. The van der Waals surface area contributed by atoms with Gasteiger partial charge in [0.2, 0.25) is 5.91 Å². The highest BCUT2D eigenvalue weighted by Gasteiger charge is 2.57. The topological polar surface area (TPSA) is 130 Å². The van der Waals surface area contributed by atoms with Crippen molar-refractivity contribution in [2.24, 2.45) is 17.6 Å². The zero-order chi connectivity index (χ0) is 24.6. The predicted octanol–water partition coefficient (Wildman–Crippen LogP) is 3.53. The van der Waals surface area contributed by atoms with Crippen LogP contribution in [0.25, 0.3) is 11.2 Å². The molecule has 1 amide bonds. The number of carbonyl (C=O) groups is 1. The van der Waals surface area contributed by atoms with E-state index in [1.165, 1.54) is 0 Å². The molecule has 1 aliphatic carbocycles. The average Bonchev–Trinajstić information content (AvgIpc) is 3.41. The number of nitrogens with one attached hydrogen (secondary N) is 1. The van der Waals surface area contributed by atoms with Crippen molar-refractivity contribution in [1.82, 2.24) is 25.0 Å². The van der Waals surface area contributed by atoms with Crippen LogP contribution in [0, 0.1) is 11.8 Å². The third-order valence-corrected chi connectivity index (χ3v) is 7.47. The lowest BCUT2D eigenvalue weighted by atomic mass is 10.0. The number of rotatable bonds is 10. The van der Waals surface area contributed by atoms with Crippen molar-refractivity contribution in [3.05, 3.63) is 0 Å².